The molecule has 0 amide bonds. The van der Waals surface area contributed by atoms with Gasteiger partial charge in [-0.15, -0.1) is 0 Å². The van der Waals surface area contributed by atoms with E-state index < -0.39 is 5.97 Å². The number of ether oxygens (including phenoxy) is 4. The van der Waals surface area contributed by atoms with Gasteiger partial charge in [0.05, 0.1) is 13.7 Å². The number of carbonyl (C=O) groups excluding carboxylic acids is 2. The number of para-hydroxylation sites is 2. The quantitative estimate of drug-likeness (QED) is 0.296. The van der Waals surface area contributed by atoms with Crippen LogP contribution in [0.4, 0.5) is 0 Å². The molecule has 0 saturated carbocycles. The fraction of sp³-hybridized carbons (Fsp3) is 0.259. The van der Waals surface area contributed by atoms with Crippen LogP contribution in [0.25, 0.3) is 6.08 Å². The average Bonchev–Trinajstić information content (AvgIpc) is 3.15. The SMILES string of the molecule is COc1cc(/C=C/C(=O)OCC(=O)c2cc(C)n(CC3COc4ccccc4O3)c2C)ccc1O. The number of aromatic nitrogens is 1. The van der Waals surface area contributed by atoms with Gasteiger partial charge in [-0.05, 0) is 55.8 Å². The van der Waals surface area contributed by atoms with Crippen LogP contribution in [0.2, 0.25) is 0 Å². The number of ketones is 1. The first kappa shape index (κ1) is 23.9. The zero-order valence-corrected chi connectivity index (χ0v) is 19.8. The molecule has 1 aliphatic heterocycles. The second-order valence-electron chi connectivity index (χ2n) is 8.19. The molecule has 8 heteroatoms. The van der Waals surface area contributed by atoms with Crippen molar-refractivity contribution < 1.29 is 33.6 Å². The number of aromatic hydroxyl groups is 1. The third kappa shape index (κ3) is 5.48. The summed E-state index contributed by atoms with van der Waals surface area (Å²) in [5.74, 6) is 0.784. The van der Waals surface area contributed by atoms with E-state index >= 15 is 0 Å². The lowest BCUT2D eigenvalue weighted by Crippen LogP contribution is -2.33. The summed E-state index contributed by atoms with van der Waals surface area (Å²) in [6.45, 7) is 4.34. The summed E-state index contributed by atoms with van der Waals surface area (Å²) < 4.78 is 24.0. The number of methoxy groups -OCH3 is 1. The molecule has 8 nitrogen and oxygen atoms in total. The molecule has 0 radical (unpaired) electrons. The maximum atomic E-state index is 12.8. The zero-order chi connectivity index (χ0) is 24.9. The summed E-state index contributed by atoms with van der Waals surface area (Å²) >= 11 is 0. The van der Waals surface area contributed by atoms with E-state index in [1.807, 2.05) is 42.7 Å². The largest absolute Gasteiger partial charge is 0.504 e. The van der Waals surface area contributed by atoms with Gasteiger partial charge >= 0.3 is 5.97 Å². The van der Waals surface area contributed by atoms with Crippen molar-refractivity contribution in [2.75, 3.05) is 20.3 Å². The Bertz CT molecular complexity index is 1270. The molecule has 0 fully saturated rings. The highest BCUT2D eigenvalue weighted by Gasteiger charge is 2.24. The van der Waals surface area contributed by atoms with E-state index in [0.29, 0.717) is 35.8 Å². The molecule has 0 bridgehead atoms. The average molecular weight is 478 g/mol. The Labute approximate surface area is 203 Å². The Morgan fingerprint density at radius 3 is 2.69 bits per heavy atom. The van der Waals surface area contributed by atoms with Crippen molar-refractivity contribution in [3.05, 3.63) is 77.1 Å². The van der Waals surface area contributed by atoms with E-state index in [2.05, 4.69) is 0 Å². The highest BCUT2D eigenvalue weighted by Crippen LogP contribution is 2.32. The van der Waals surface area contributed by atoms with Crippen LogP contribution in [0.5, 0.6) is 23.0 Å². The van der Waals surface area contributed by atoms with Crippen LogP contribution >= 0.6 is 0 Å². The van der Waals surface area contributed by atoms with Crippen molar-refractivity contribution >= 4 is 17.8 Å². The van der Waals surface area contributed by atoms with Crippen molar-refractivity contribution in [2.45, 2.75) is 26.5 Å². The third-order valence-corrected chi connectivity index (χ3v) is 5.79. The number of hydrogen-bond donors (Lipinski definition) is 1. The standard InChI is InChI=1S/C27H27NO7/c1-17-12-21(18(2)28(17)14-20-15-33-24-6-4-5-7-25(24)35-20)23(30)16-34-27(31)11-9-19-8-10-22(29)26(13-19)32-3/h4-13,20,29H,14-16H2,1-3H3/b11-9+. The highest BCUT2D eigenvalue weighted by atomic mass is 16.6. The Morgan fingerprint density at radius 1 is 1.14 bits per heavy atom. The Morgan fingerprint density at radius 2 is 1.91 bits per heavy atom. The molecule has 1 aliphatic rings. The molecule has 2 heterocycles. The van der Waals surface area contributed by atoms with Gasteiger partial charge in [0, 0.05) is 23.0 Å². The molecule has 1 atom stereocenters. The summed E-state index contributed by atoms with van der Waals surface area (Å²) in [5, 5.41) is 9.65. The first-order chi connectivity index (χ1) is 16.9. The molecule has 2 aromatic carbocycles. The molecule has 182 valence electrons. The van der Waals surface area contributed by atoms with Gasteiger partial charge in [0.25, 0.3) is 0 Å². The number of hydrogen-bond acceptors (Lipinski definition) is 7. The van der Waals surface area contributed by atoms with E-state index in [9.17, 15) is 14.7 Å². The lowest BCUT2D eigenvalue weighted by atomic mass is 10.1. The molecule has 4 rings (SSSR count). The maximum Gasteiger partial charge on any atom is 0.331 e. The van der Waals surface area contributed by atoms with Gasteiger partial charge in [0.15, 0.2) is 35.7 Å². The molecule has 1 N–H and O–H groups in total. The second kappa shape index (κ2) is 10.4. The van der Waals surface area contributed by atoms with E-state index in [0.717, 1.165) is 17.1 Å². The number of aryl methyl sites for hydroxylation is 1. The van der Waals surface area contributed by atoms with Crippen LogP contribution < -0.4 is 14.2 Å². The lowest BCUT2D eigenvalue weighted by molar-refractivity contribution is -0.136. The van der Waals surface area contributed by atoms with Crippen molar-refractivity contribution in [1.82, 2.24) is 4.57 Å². The predicted molar refractivity (Wildman–Crippen MR) is 129 cm³/mol. The fourth-order valence-electron chi connectivity index (χ4n) is 3.95. The van der Waals surface area contributed by atoms with E-state index in [1.54, 1.807) is 18.2 Å². The number of phenolic OH excluding ortho intramolecular Hbond substituents is 1. The van der Waals surface area contributed by atoms with E-state index in [1.165, 1.54) is 25.3 Å². The topological polar surface area (TPSA) is 96.2 Å². The normalized spacial score (nSPS) is 14.7. The van der Waals surface area contributed by atoms with Crippen LogP contribution in [0.3, 0.4) is 0 Å². The summed E-state index contributed by atoms with van der Waals surface area (Å²) in [4.78, 5) is 24.9. The summed E-state index contributed by atoms with van der Waals surface area (Å²) in [5.41, 5.74) is 2.82. The Kier molecular flexibility index (Phi) is 7.10. The third-order valence-electron chi connectivity index (χ3n) is 5.79. The van der Waals surface area contributed by atoms with Gasteiger partial charge in [-0.2, -0.15) is 0 Å². The van der Waals surface area contributed by atoms with E-state index in [-0.39, 0.29) is 24.2 Å². The molecule has 1 unspecified atom stereocenters. The minimum atomic E-state index is -0.648. The molecule has 0 spiro atoms. The smallest absolute Gasteiger partial charge is 0.331 e. The summed E-state index contributed by atoms with van der Waals surface area (Å²) in [6.07, 6.45) is 2.55. The second-order valence-corrected chi connectivity index (χ2v) is 8.19. The van der Waals surface area contributed by atoms with E-state index in [4.69, 9.17) is 18.9 Å². The van der Waals surface area contributed by atoms with Gasteiger partial charge < -0.3 is 28.6 Å². The first-order valence-electron chi connectivity index (χ1n) is 11.2. The molecular formula is C27H27NO7. The van der Waals surface area contributed by atoms with Crippen LogP contribution in [-0.4, -0.2) is 47.9 Å². The monoisotopic (exact) mass is 477 g/mol. The molecule has 35 heavy (non-hydrogen) atoms. The number of fused-ring (bicyclic) bond motifs is 1. The predicted octanol–water partition coefficient (Wildman–Crippen LogP) is 4.10. The van der Waals surface area contributed by atoms with Gasteiger partial charge in [-0.25, -0.2) is 4.79 Å². The first-order valence-corrected chi connectivity index (χ1v) is 11.2. The van der Waals surface area contributed by atoms with Crippen LogP contribution in [-0.2, 0) is 16.1 Å². The van der Waals surface area contributed by atoms with Gasteiger partial charge in [-0.1, -0.05) is 18.2 Å². The number of benzene rings is 2. The lowest BCUT2D eigenvalue weighted by Gasteiger charge is -2.27. The molecule has 0 aliphatic carbocycles. The van der Waals surface area contributed by atoms with Gasteiger partial charge in [-0.3, -0.25) is 4.79 Å². The molecular weight excluding hydrogens is 450 g/mol. The van der Waals surface area contributed by atoms with Crippen LogP contribution in [0.1, 0.15) is 27.3 Å². The minimum absolute atomic E-state index is 0.00261. The number of rotatable bonds is 8. The van der Waals surface area contributed by atoms with Crippen molar-refractivity contribution in [3.8, 4) is 23.0 Å². The zero-order valence-electron chi connectivity index (χ0n) is 19.8. The number of esters is 1. The fourth-order valence-corrected chi connectivity index (χ4v) is 3.95. The van der Waals surface area contributed by atoms with Crippen LogP contribution in [0.15, 0.2) is 54.6 Å². The molecule has 0 saturated heterocycles. The summed E-state index contributed by atoms with van der Waals surface area (Å²) in [7, 11) is 1.44. The number of nitrogens with zero attached hydrogens (tertiary/aromatic N) is 1. The molecule has 1 aromatic heterocycles. The Hall–Kier alpha value is -4.20. The Balaban J connectivity index is 1.35. The van der Waals surface area contributed by atoms with Crippen molar-refractivity contribution in [1.29, 1.82) is 0 Å². The van der Waals surface area contributed by atoms with Gasteiger partial charge in [0.2, 0.25) is 5.78 Å². The number of phenols is 1. The maximum absolute atomic E-state index is 12.8. The molecule has 3 aromatic rings. The summed E-state index contributed by atoms with van der Waals surface area (Å²) in [6, 6.07) is 14.0. The minimum Gasteiger partial charge on any atom is -0.504 e. The van der Waals surface area contributed by atoms with Crippen molar-refractivity contribution in [3.63, 3.8) is 0 Å². The van der Waals surface area contributed by atoms with Gasteiger partial charge in [0.1, 0.15) is 6.61 Å². The van der Waals surface area contributed by atoms with Crippen molar-refractivity contribution in [2.24, 2.45) is 0 Å². The highest BCUT2D eigenvalue weighted by molar-refractivity contribution is 6.00. The number of Topliss-reactive ketones (excluding diaryl/α,β-unsaturated/α-hetero) is 1. The van der Waals surface area contributed by atoms with Crippen LogP contribution in [0, 0.1) is 13.8 Å². The number of carbonyl (C=O) groups is 2.